The first-order valence-electron chi connectivity index (χ1n) is 8.80. The number of likely N-dealkylation sites (tertiary alicyclic amines) is 1. The number of nitrogens with zero attached hydrogens (tertiary/aromatic N) is 3. The van der Waals surface area contributed by atoms with Crippen LogP contribution in [0.1, 0.15) is 36.9 Å². The second kappa shape index (κ2) is 9.79. The predicted octanol–water partition coefficient (Wildman–Crippen LogP) is 3.62. The highest BCUT2D eigenvalue weighted by Gasteiger charge is 2.30. The van der Waals surface area contributed by atoms with Crippen LogP contribution < -0.4 is 5.32 Å². The van der Waals surface area contributed by atoms with Crippen molar-refractivity contribution in [1.29, 1.82) is 0 Å². The summed E-state index contributed by atoms with van der Waals surface area (Å²) in [5.74, 6) is 2.29. The molecule has 2 N–H and O–H groups in total. The first-order valence-corrected chi connectivity index (χ1v) is 8.80. The van der Waals surface area contributed by atoms with Crippen LogP contribution in [0.5, 0.6) is 0 Å². The molecule has 2 aromatic rings. The minimum absolute atomic E-state index is 0. The van der Waals surface area contributed by atoms with Crippen LogP contribution >= 0.6 is 24.0 Å². The average molecular weight is 453 g/mol. The summed E-state index contributed by atoms with van der Waals surface area (Å²) in [5, 5.41) is 10.4. The van der Waals surface area contributed by atoms with Crippen LogP contribution in [0, 0.1) is 5.92 Å². The van der Waals surface area contributed by atoms with Crippen LogP contribution in [0.3, 0.4) is 0 Å². The fourth-order valence-corrected chi connectivity index (χ4v) is 3.67. The van der Waals surface area contributed by atoms with E-state index in [2.05, 4.69) is 62.7 Å². The Morgan fingerprint density at radius 2 is 2.12 bits per heavy atom. The van der Waals surface area contributed by atoms with E-state index < -0.39 is 0 Å². The van der Waals surface area contributed by atoms with Crippen molar-refractivity contribution < 1.29 is 0 Å². The molecule has 3 rings (SSSR count). The van der Waals surface area contributed by atoms with Gasteiger partial charge in [-0.3, -0.25) is 10.1 Å². The lowest BCUT2D eigenvalue weighted by Crippen LogP contribution is -2.48. The molecule has 1 aromatic heterocycles. The number of aliphatic imine (C=N–C) groups is 1. The van der Waals surface area contributed by atoms with Crippen molar-refractivity contribution in [3.8, 4) is 0 Å². The summed E-state index contributed by atoms with van der Waals surface area (Å²) in [7, 11) is 1.86. The van der Waals surface area contributed by atoms with Gasteiger partial charge in [0.2, 0.25) is 0 Å². The van der Waals surface area contributed by atoms with E-state index in [-0.39, 0.29) is 24.0 Å². The molecule has 2 heterocycles. The van der Waals surface area contributed by atoms with E-state index in [1.807, 2.05) is 13.1 Å². The van der Waals surface area contributed by atoms with Crippen LogP contribution in [0.15, 0.2) is 47.6 Å². The molecule has 0 saturated carbocycles. The third-order valence-corrected chi connectivity index (χ3v) is 4.99. The van der Waals surface area contributed by atoms with Gasteiger partial charge in [0.15, 0.2) is 5.96 Å². The van der Waals surface area contributed by atoms with E-state index in [0.717, 1.165) is 31.3 Å². The summed E-state index contributed by atoms with van der Waals surface area (Å²) in [6.45, 7) is 5.12. The number of hydrogen-bond acceptors (Lipinski definition) is 2. The van der Waals surface area contributed by atoms with Gasteiger partial charge in [0, 0.05) is 26.3 Å². The van der Waals surface area contributed by atoms with Gasteiger partial charge >= 0.3 is 0 Å². The first kappa shape index (κ1) is 19.8. The number of nitrogens with one attached hydrogen (secondary N) is 2. The summed E-state index contributed by atoms with van der Waals surface area (Å²) in [6, 6.07) is 12.9. The molecule has 6 heteroatoms. The largest absolute Gasteiger partial charge is 0.351 e. The molecule has 0 spiro atoms. The minimum atomic E-state index is 0. The van der Waals surface area contributed by atoms with Crippen molar-refractivity contribution in [1.82, 2.24) is 20.4 Å². The van der Waals surface area contributed by atoms with Gasteiger partial charge in [-0.2, -0.15) is 5.10 Å². The number of aromatic amines is 1. The van der Waals surface area contributed by atoms with Gasteiger partial charge < -0.3 is 10.2 Å². The average Bonchev–Trinajstić information content (AvgIpc) is 3.16. The van der Waals surface area contributed by atoms with E-state index >= 15 is 0 Å². The van der Waals surface area contributed by atoms with Gasteiger partial charge in [-0.15, -0.1) is 24.0 Å². The maximum absolute atomic E-state index is 4.47. The Morgan fingerprint density at radius 3 is 2.76 bits per heavy atom. The summed E-state index contributed by atoms with van der Waals surface area (Å²) < 4.78 is 0. The molecule has 1 aliphatic rings. The lowest BCUT2D eigenvalue weighted by molar-refractivity contribution is 0.215. The highest BCUT2D eigenvalue weighted by atomic mass is 127. The lowest BCUT2D eigenvalue weighted by Gasteiger charge is -2.40. The maximum Gasteiger partial charge on any atom is 0.193 e. The standard InChI is InChI=1S/C19H27N5.HI/c1-3-15-14-24(12-10-18(15)16-7-5-4-6-8-16)19(20-2)21-13-17-9-11-22-23-17;/h4-9,11,15,18H,3,10,12-14H2,1-2H3,(H,20,21)(H,22,23);1H. The van der Waals surface area contributed by atoms with Crippen LogP contribution in [-0.4, -0.2) is 41.2 Å². The minimum Gasteiger partial charge on any atom is -0.351 e. The Morgan fingerprint density at radius 1 is 1.32 bits per heavy atom. The van der Waals surface area contributed by atoms with E-state index in [1.165, 1.54) is 18.4 Å². The monoisotopic (exact) mass is 453 g/mol. The number of rotatable bonds is 4. The van der Waals surface area contributed by atoms with Gasteiger partial charge in [-0.1, -0.05) is 43.7 Å². The van der Waals surface area contributed by atoms with E-state index in [0.29, 0.717) is 11.8 Å². The number of halogens is 1. The third kappa shape index (κ3) is 4.96. The van der Waals surface area contributed by atoms with Gasteiger partial charge in [0.05, 0.1) is 12.2 Å². The molecule has 136 valence electrons. The maximum atomic E-state index is 4.47. The molecule has 0 aliphatic carbocycles. The molecule has 2 atom stereocenters. The highest BCUT2D eigenvalue weighted by Crippen LogP contribution is 2.34. The fourth-order valence-electron chi connectivity index (χ4n) is 3.67. The second-order valence-electron chi connectivity index (χ2n) is 6.40. The Bertz CT molecular complexity index is 641. The highest BCUT2D eigenvalue weighted by molar-refractivity contribution is 14.0. The molecular formula is C19H28IN5. The van der Waals surface area contributed by atoms with Crippen molar-refractivity contribution in [2.75, 3.05) is 20.1 Å². The summed E-state index contributed by atoms with van der Waals surface area (Å²) in [4.78, 5) is 6.87. The van der Waals surface area contributed by atoms with E-state index in [4.69, 9.17) is 0 Å². The molecule has 1 aromatic carbocycles. The fraction of sp³-hybridized carbons (Fsp3) is 0.474. The van der Waals surface area contributed by atoms with Crippen LogP contribution in [-0.2, 0) is 6.54 Å². The predicted molar refractivity (Wildman–Crippen MR) is 113 cm³/mol. The third-order valence-electron chi connectivity index (χ3n) is 4.99. The van der Waals surface area contributed by atoms with Crippen LogP contribution in [0.25, 0.3) is 0 Å². The van der Waals surface area contributed by atoms with Crippen molar-refractivity contribution in [3.05, 3.63) is 53.9 Å². The number of H-pyrrole nitrogens is 1. The first-order chi connectivity index (χ1) is 11.8. The zero-order chi connectivity index (χ0) is 16.8. The number of guanidine groups is 1. The summed E-state index contributed by atoms with van der Waals surface area (Å²) in [5.41, 5.74) is 2.55. The van der Waals surface area contributed by atoms with E-state index in [9.17, 15) is 0 Å². The molecule has 5 nitrogen and oxygen atoms in total. The van der Waals surface area contributed by atoms with Crippen molar-refractivity contribution in [2.24, 2.45) is 10.9 Å². The van der Waals surface area contributed by atoms with Crippen LogP contribution in [0.4, 0.5) is 0 Å². The lowest BCUT2D eigenvalue weighted by atomic mass is 9.79. The molecular weight excluding hydrogens is 425 g/mol. The molecule has 1 saturated heterocycles. The normalized spacial score (nSPS) is 20.9. The summed E-state index contributed by atoms with van der Waals surface area (Å²) >= 11 is 0. The molecule has 1 fully saturated rings. The Kier molecular flexibility index (Phi) is 7.74. The van der Waals surface area contributed by atoms with Crippen molar-refractivity contribution in [3.63, 3.8) is 0 Å². The topological polar surface area (TPSA) is 56.3 Å². The van der Waals surface area contributed by atoms with Gasteiger partial charge in [-0.25, -0.2) is 0 Å². The van der Waals surface area contributed by atoms with Gasteiger partial charge in [-0.05, 0) is 29.9 Å². The SMILES string of the molecule is CCC1CN(C(=NC)NCc2ccn[nH]2)CCC1c1ccccc1.I. The number of benzene rings is 1. The zero-order valence-corrected chi connectivity index (χ0v) is 17.3. The number of aromatic nitrogens is 2. The van der Waals surface area contributed by atoms with Crippen molar-refractivity contribution >= 4 is 29.9 Å². The van der Waals surface area contributed by atoms with Gasteiger partial charge in [0.1, 0.15) is 0 Å². The summed E-state index contributed by atoms with van der Waals surface area (Å²) in [6.07, 6.45) is 4.14. The smallest absolute Gasteiger partial charge is 0.193 e. The molecule has 0 bridgehead atoms. The molecule has 0 radical (unpaired) electrons. The van der Waals surface area contributed by atoms with E-state index in [1.54, 1.807) is 6.20 Å². The Hall–Kier alpha value is -1.57. The second-order valence-corrected chi connectivity index (χ2v) is 6.40. The zero-order valence-electron chi connectivity index (χ0n) is 15.0. The quantitative estimate of drug-likeness (QED) is 0.423. The number of hydrogen-bond donors (Lipinski definition) is 2. The van der Waals surface area contributed by atoms with Crippen molar-refractivity contribution in [2.45, 2.75) is 32.2 Å². The molecule has 1 aliphatic heterocycles. The molecule has 0 amide bonds. The number of piperidine rings is 1. The molecule has 2 unspecified atom stereocenters. The Balaban J connectivity index is 0.00000225. The Labute approximate surface area is 167 Å². The van der Waals surface area contributed by atoms with Gasteiger partial charge in [0.25, 0.3) is 0 Å². The van der Waals surface area contributed by atoms with Crippen LogP contribution in [0.2, 0.25) is 0 Å². The molecule has 25 heavy (non-hydrogen) atoms.